The van der Waals surface area contributed by atoms with Crippen molar-refractivity contribution in [1.82, 2.24) is 19.8 Å². The molecular weight excluding hydrogens is 388 g/mol. The van der Waals surface area contributed by atoms with Gasteiger partial charge in [-0.3, -0.25) is 4.79 Å². The van der Waals surface area contributed by atoms with E-state index in [0.717, 1.165) is 56.2 Å². The van der Waals surface area contributed by atoms with Crippen LogP contribution in [0.5, 0.6) is 5.75 Å². The van der Waals surface area contributed by atoms with Gasteiger partial charge in [0.1, 0.15) is 11.6 Å². The van der Waals surface area contributed by atoms with Crippen molar-refractivity contribution in [2.75, 3.05) is 20.2 Å². The summed E-state index contributed by atoms with van der Waals surface area (Å²) < 4.78 is 7.57. The molecule has 0 unspecified atom stereocenters. The van der Waals surface area contributed by atoms with Crippen molar-refractivity contribution < 1.29 is 9.53 Å². The molecule has 0 atom stereocenters. The third kappa shape index (κ3) is 5.52. The predicted octanol–water partition coefficient (Wildman–Crippen LogP) is 3.26. The fourth-order valence-corrected chi connectivity index (χ4v) is 4.12. The van der Waals surface area contributed by atoms with E-state index in [4.69, 9.17) is 4.74 Å². The number of piperidine rings is 1. The van der Waals surface area contributed by atoms with Crippen molar-refractivity contribution in [3.63, 3.8) is 0 Å². The second-order valence-electron chi connectivity index (χ2n) is 7.98. The quantitative estimate of drug-likeness (QED) is 0.610. The summed E-state index contributed by atoms with van der Waals surface area (Å²) in [5, 5.41) is 3.64. The molecule has 6 nitrogen and oxygen atoms in total. The van der Waals surface area contributed by atoms with Crippen LogP contribution in [-0.2, 0) is 24.3 Å². The van der Waals surface area contributed by atoms with Crippen LogP contribution in [0.2, 0.25) is 0 Å². The fraction of sp³-hybridized carbons (Fsp3) is 0.360. The zero-order valence-electron chi connectivity index (χ0n) is 18.0. The Morgan fingerprint density at radius 1 is 1.10 bits per heavy atom. The summed E-state index contributed by atoms with van der Waals surface area (Å²) >= 11 is 0. The number of likely N-dealkylation sites (tertiary alicyclic amines) is 1. The smallest absolute Gasteiger partial charge is 0.227 e. The molecule has 162 valence electrons. The molecule has 0 radical (unpaired) electrons. The Morgan fingerprint density at radius 2 is 1.84 bits per heavy atom. The number of hydrogen-bond acceptors (Lipinski definition) is 4. The van der Waals surface area contributed by atoms with Gasteiger partial charge in [-0.15, -0.1) is 0 Å². The van der Waals surface area contributed by atoms with Crippen LogP contribution in [0, 0.1) is 0 Å². The maximum Gasteiger partial charge on any atom is 0.227 e. The van der Waals surface area contributed by atoms with Gasteiger partial charge in [0.15, 0.2) is 0 Å². The Hall–Kier alpha value is -3.12. The van der Waals surface area contributed by atoms with E-state index in [9.17, 15) is 4.79 Å². The minimum Gasteiger partial charge on any atom is -0.496 e. The molecule has 0 spiro atoms. The number of benzene rings is 2. The third-order valence-corrected chi connectivity index (χ3v) is 5.93. The van der Waals surface area contributed by atoms with Crippen LogP contribution in [-0.4, -0.2) is 46.6 Å². The van der Waals surface area contributed by atoms with Crippen molar-refractivity contribution in [3.8, 4) is 5.75 Å². The lowest BCUT2D eigenvalue weighted by Gasteiger charge is -2.32. The molecule has 0 aliphatic carbocycles. The van der Waals surface area contributed by atoms with Gasteiger partial charge in [0.2, 0.25) is 5.91 Å². The van der Waals surface area contributed by atoms with Crippen LogP contribution in [0.25, 0.3) is 0 Å². The minimum atomic E-state index is 0.168. The van der Waals surface area contributed by atoms with Crippen LogP contribution in [0.4, 0.5) is 0 Å². The average Bonchev–Trinajstić information content (AvgIpc) is 3.26. The highest BCUT2D eigenvalue weighted by atomic mass is 16.5. The molecule has 0 bridgehead atoms. The second kappa shape index (κ2) is 10.3. The predicted molar refractivity (Wildman–Crippen MR) is 121 cm³/mol. The van der Waals surface area contributed by atoms with E-state index in [1.165, 1.54) is 5.56 Å². The van der Waals surface area contributed by atoms with Crippen LogP contribution in [0.3, 0.4) is 0 Å². The van der Waals surface area contributed by atoms with Gasteiger partial charge >= 0.3 is 0 Å². The summed E-state index contributed by atoms with van der Waals surface area (Å²) in [7, 11) is 1.64. The molecule has 1 aromatic heterocycles. The number of rotatable bonds is 8. The van der Waals surface area contributed by atoms with E-state index in [1.807, 2.05) is 47.6 Å². The first-order valence-electron chi connectivity index (χ1n) is 10.9. The van der Waals surface area contributed by atoms with E-state index >= 15 is 0 Å². The zero-order chi connectivity index (χ0) is 21.5. The van der Waals surface area contributed by atoms with E-state index in [2.05, 4.69) is 39.1 Å². The standard InChI is InChI=1S/C25H30N4O2/c1-31-23-10-6-5-9-21(23)17-25(30)28-14-11-22(12-15-28)27-18-24-26-13-16-29(24)19-20-7-3-2-4-8-20/h2-10,13,16,22,27H,11-12,14-15,17-19H2,1H3. The zero-order valence-corrected chi connectivity index (χ0v) is 18.0. The summed E-state index contributed by atoms with van der Waals surface area (Å²) in [6.07, 6.45) is 6.19. The lowest BCUT2D eigenvalue weighted by Crippen LogP contribution is -2.45. The lowest BCUT2D eigenvalue weighted by molar-refractivity contribution is -0.131. The van der Waals surface area contributed by atoms with E-state index in [1.54, 1.807) is 7.11 Å². The van der Waals surface area contributed by atoms with Gasteiger partial charge < -0.3 is 19.5 Å². The molecule has 1 N–H and O–H groups in total. The first-order valence-corrected chi connectivity index (χ1v) is 10.9. The second-order valence-corrected chi connectivity index (χ2v) is 7.98. The van der Waals surface area contributed by atoms with Crippen LogP contribution in [0.15, 0.2) is 67.0 Å². The van der Waals surface area contributed by atoms with Gasteiger partial charge in [0.05, 0.1) is 20.1 Å². The fourth-order valence-electron chi connectivity index (χ4n) is 4.12. The van der Waals surface area contributed by atoms with E-state index < -0.39 is 0 Å². The van der Waals surface area contributed by atoms with Crippen molar-refractivity contribution in [2.45, 2.75) is 38.4 Å². The number of nitrogens with one attached hydrogen (secondary N) is 1. The first kappa shape index (κ1) is 21.1. The van der Waals surface area contributed by atoms with Crippen molar-refractivity contribution in [2.24, 2.45) is 0 Å². The molecule has 4 rings (SSSR count). The Morgan fingerprint density at radius 3 is 2.61 bits per heavy atom. The molecule has 1 saturated heterocycles. The topological polar surface area (TPSA) is 59.4 Å². The molecule has 3 aromatic rings. The van der Waals surface area contributed by atoms with Gasteiger partial charge in [0, 0.05) is 43.6 Å². The van der Waals surface area contributed by atoms with E-state index in [0.29, 0.717) is 12.5 Å². The number of methoxy groups -OCH3 is 1. The minimum absolute atomic E-state index is 0.168. The van der Waals surface area contributed by atoms with Gasteiger partial charge in [0.25, 0.3) is 0 Å². The van der Waals surface area contributed by atoms with Crippen molar-refractivity contribution >= 4 is 5.91 Å². The average molecular weight is 419 g/mol. The normalized spacial score (nSPS) is 14.5. The Bertz CT molecular complexity index is 978. The number of imidazole rings is 1. The number of amides is 1. The van der Waals surface area contributed by atoms with Gasteiger partial charge in [-0.1, -0.05) is 48.5 Å². The molecule has 1 amide bonds. The highest BCUT2D eigenvalue weighted by Gasteiger charge is 2.23. The van der Waals surface area contributed by atoms with Gasteiger partial charge in [-0.2, -0.15) is 0 Å². The molecule has 0 saturated carbocycles. The Labute approximate surface area is 183 Å². The number of nitrogens with zero attached hydrogens (tertiary/aromatic N) is 3. The molecule has 6 heteroatoms. The molecule has 1 aliphatic rings. The highest BCUT2D eigenvalue weighted by molar-refractivity contribution is 5.79. The number of para-hydroxylation sites is 1. The van der Waals surface area contributed by atoms with Crippen molar-refractivity contribution in [3.05, 3.63) is 83.9 Å². The van der Waals surface area contributed by atoms with Crippen LogP contribution in [0.1, 0.15) is 29.8 Å². The maximum absolute atomic E-state index is 12.7. The Balaban J connectivity index is 1.25. The first-order chi connectivity index (χ1) is 15.2. The molecule has 2 heterocycles. The number of ether oxygens (including phenoxy) is 1. The number of carbonyl (C=O) groups is 1. The van der Waals surface area contributed by atoms with Gasteiger partial charge in [-0.25, -0.2) is 4.98 Å². The third-order valence-electron chi connectivity index (χ3n) is 5.93. The summed E-state index contributed by atoms with van der Waals surface area (Å²) in [6, 6.07) is 18.6. The molecule has 1 aliphatic heterocycles. The van der Waals surface area contributed by atoms with Crippen molar-refractivity contribution in [1.29, 1.82) is 0 Å². The Kier molecular flexibility index (Phi) is 6.99. The number of hydrogen-bond donors (Lipinski definition) is 1. The summed E-state index contributed by atoms with van der Waals surface area (Å²) in [6.45, 7) is 3.13. The largest absolute Gasteiger partial charge is 0.496 e. The summed E-state index contributed by atoms with van der Waals surface area (Å²) in [5.74, 6) is 1.98. The molecule has 1 fully saturated rings. The molecule has 31 heavy (non-hydrogen) atoms. The molecular formula is C25H30N4O2. The SMILES string of the molecule is COc1ccccc1CC(=O)N1CCC(NCc2nccn2Cc2ccccc2)CC1. The summed E-state index contributed by atoms with van der Waals surface area (Å²) in [5.41, 5.74) is 2.21. The highest BCUT2D eigenvalue weighted by Crippen LogP contribution is 2.20. The number of aromatic nitrogens is 2. The maximum atomic E-state index is 12.7. The van der Waals surface area contributed by atoms with Crippen LogP contribution < -0.4 is 10.1 Å². The lowest BCUT2D eigenvalue weighted by atomic mass is 10.0. The van der Waals surface area contributed by atoms with E-state index in [-0.39, 0.29) is 5.91 Å². The van der Waals surface area contributed by atoms with Gasteiger partial charge in [-0.05, 0) is 24.5 Å². The monoisotopic (exact) mass is 418 g/mol. The summed E-state index contributed by atoms with van der Waals surface area (Å²) in [4.78, 5) is 19.2. The molecule has 2 aromatic carbocycles. The number of carbonyl (C=O) groups excluding carboxylic acids is 1. The van der Waals surface area contributed by atoms with Crippen LogP contribution >= 0.6 is 0 Å².